The van der Waals surface area contributed by atoms with Crippen LogP contribution in [-0.4, -0.2) is 71.1 Å². The molecule has 1 saturated carbocycles. The van der Waals surface area contributed by atoms with Crippen LogP contribution in [0, 0.1) is 18.3 Å². The summed E-state index contributed by atoms with van der Waals surface area (Å²) in [4.78, 5) is 20.1. The molecule has 1 aromatic heterocycles. The molecular weight excluding hydrogens is 391 g/mol. The highest BCUT2D eigenvalue weighted by Gasteiger charge is 2.49. The maximum Gasteiger partial charge on any atom is 0.490 e. The van der Waals surface area contributed by atoms with E-state index >= 15 is 0 Å². The van der Waals surface area contributed by atoms with E-state index in [1.54, 1.807) is 6.20 Å². The summed E-state index contributed by atoms with van der Waals surface area (Å²) in [6.07, 6.45) is 2.06. The summed E-state index contributed by atoms with van der Waals surface area (Å²) in [5.74, 6) is -1.82. The summed E-state index contributed by atoms with van der Waals surface area (Å²) >= 11 is 0. The normalized spacial score (nSPS) is 27.0. The second-order valence-electron chi connectivity index (χ2n) is 8.01. The van der Waals surface area contributed by atoms with Crippen molar-refractivity contribution in [2.24, 2.45) is 11.3 Å². The van der Waals surface area contributed by atoms with Crippen LogP contribution in [-0.2, 0) is 9.53 Å². The minimum atomic E-state index is -5.08. The Labute approximate surface area is 167 Å². The molecule has 0 spiro atoms. The van der Waals surface area contributed by atoms with Crippen LogP contribution in [0.4, 0.5) is 13.2 Å². The monoisotopic (exact) mass is 417 g/mol. The van der Waals surface area contributed by atoms with Gasteiger partial charge in [0.15, 0.2) is 0 Å². The van der Waals surface area contributed by atoms with Crippen molar-refractivity contribution < 1.29 is 32.5 Å². The zero-order valence-electron chi connectivity index (χ0n) is 16.3. The molecule has 0 unspecified atom stereocenters. The lowest BCUT2D eigenvalue weighted by atomic mass is 9.77. The van der Waals surface area contributed by atoms with Gasteiger partial charge in [-0.3, -0.25) is 0 Å². The van der Waals surface area contributed by atoms with Gasteiger partial charge in [0.05, 0.1) is 6.10 Å². The number of hydrogen-bond donors (Lipinski definition) is 1. The number of halogens is 3. The second kappa shape index (κ2) is 8.83. The molecule has 2 saturated heterocycles. The Morgan fingerprint density at radius 1 is 1.41 bits per heavy atom. The summed E-state index contributed by atoms with van der Waals surface area (Å²) in [6, 6.07) is 2.39. The minimum absolute atomic E-state index is 0.125. The van der Waals surface area contributed by atoms with Crippen molar-refractivity contribution in [2.75, 3.05) is 32.8 Å². The Balaban J connectivity index is 0.000000298. The second-order valence-corrected chi connectivity index (χ2v) is 8.01. The number of carbonyl (C=O) groups is 1. The molecule has 2 atom stereocenters. The number of rotatable bonds is 5. The molecule has 29 heavy (non-hydrogen) atoms. The molecule has 2 aliphatic heterocycles. The lowest BCUT2D eigenvalue weighted by Gasteiger charge is -2.43. The Bertz CT molecular complexity index is 714. The summed E-state index contributed by atoms with van der Waals surface area (Å²) in [7, 11) is 0. The number of carboxylic acid groups (broad SMARTS) is 1. The molecule has 0 amide bonds. The van der Waals surface area contributed by atoms with Crippen molar-refractivity contribution in [2.45, 2.75) is 44.9 Å². The van der Waals surface area contributed by atoms with Crippen molar-refractivity contribution in [1.29, 1.82) is 0 Å². The SMILES string of the molecule is Cc1ccnc(OC[C@@]23CCO[C@@H]2CCN(CC2CC2)C3)n1.O=C(O)C(F)(F)F. The number of aliphatic carboxylic acids is 1. The van der Waals surface area contributed by atoms with Gasteiger partial charge in [-0.25, -0.2) is 14.8 Å². The fraction of sp³-hybridized carbons (Fsp3) is 0.737. The third-order valence-electron chi connectivity index (χ3n) is 5.57. The molecule has 0 aromatic carbocycles. The number of nitrogens with zero attached hydrogens (tertiary/aromatic N) is 3. The van der Waals surface area contributed by atoms with Crippen molar-refractivity contribution in [1.82, 2.24) is 14.9 Å². The molecule has 3 heterocycles. The van der Waals surface area contributed by atoms with Crippen LogP contribution in [0.1, 0.15) is 31.4 Å². The molecular formula is C19H26F3N3O4. The number of ether oxygens (including phenoxy) is 2. The highest BCUT2D eigenvalue weighted by molar-refractivity contribution is 5.73. The summed E-state index contributed by atoms with van der Waals surface area (Å²) in [5.41, 5.74) is 1.07. The van der Waals surface area contributed by atoms with E-state index in [4.69, 9.17) is 19.4 Å². The highest BCUT2D eigenvalue weighted by Crippen LogP contribution is 2.42. The van der Waals surface area contributed by atoms with Crippen LogP contribution >= 0.6 is 0 Å². The summed E-state index contributed by atoms with van der Waals surface area (Å²) < 4.78 is 43.7. The number of likely N-dealkylation sites (tertiary alicyclic amines) is 1. The average Bonchev–Trinajstić information content (AvgIpc) is 3.36. The van der Waals surface area contributed by atoms with Crippen LogP contribution in [0.25, 0.3) is 0 Å². The molecule has 1 N–H and O–H groups in total. The van der Waals surface area contributed by atoms with Gasteiger partial charge in [0.2, 0.25) is 0 Å². The standard InChI is InChI=1S/C17H25N3O2.C2HF3O2/c1-13-4-7-18-16(19-13)22-12-17-6-9-21-15(17)5-8-20(11-17)10-14-2-3-14;3-2(4,5)1(6)7/h4,7,14-15H,2-3,5-6,8-12H2,1H3;(H,6,7)/t15-,17+;/m1./s1. The number of carboxylic acids is 1. The van der Waals surface area contributed by atoms with Gasteiger partial charge in [-0.1, -0.05) is 0 Å². The number of hydrogen-bond acceptors (Lipinski definition) is 6. The first-order chi connectivity index (χ1) is 13.7. The Morgan fingerprint density at radius 2 is 2.14 bits per heavy atom. The Morgan fingerprint density at radius 3 is 2.76 bits per heavy atom. The first kappa shape index (κ1) is 21.8. The predicted molar refractivity (Wildman–Crippen MR) is 96.5 cm³/mol. The Hall–Kier alpha value is -1.94. The van der Waals surface area contributed by atoms with Crippen LogP contribution in [0.15, 0.2) is 12.3 Å². The molecule has 4 rings (SSSR count). The van der Waals surface area contributed by atoms with E-state index in [1.807, 2.05) is 13.0 Å². The number of aryl methyl sites for hydroxylation is 1. The molecule has 162 valence electrons. The topological polar surface area (TPSA) is 84.8 Å². The van der Waals surface area contributed by atoms with Gasteiger partial charge in [0.25, 0.3) is 0 Å². The molecule has 10 heteroatoms. The largest absolute Gasteiger partial charge is 0.490 e. The van der Waals surface area contributed by atoms with Crippen molar-refractivity contribution >= 4 is 5.97 Å². The third-order valence-corrected chi connectivity index (χ3v) is 5.57. The van der Waals surface area contributed by atoms with E-state index in [9.17, 15) is 13.2 Å². The predicted octanol–water partition coefficient (Wildman–Crippen LogP) is 2.69. The van der Waals surface area contributed by atoms with Gasteiger partial charge in [0, 0.05) is 43.5 Å². The van der Waals surface area contributed by atoms with Crippen LogP contribution < -0.4 is 4.74 Å². The fourth-order valence-electron chi connectivity index (χ4n) is 3.87. The summed E-state index contributed by atoms with van der Waals surface area (Å²) in [6.45, 7) is 7.02. The average molecular weight is 417 g/mol. The van der Waals surface area contributed by atoms with E-state index in [1.165, 1.54) is 25.9 Å². The van der Waals surface area contributed by atoms with Gasteiger partial charge < -0.3 is 19.5 Å². The first-order valence-corrected chi connectivity index (χ1v) is 9.74. The summed E-state index contributed by atoms with van der Waals surface area (Å²) in [5, 5.41) is 7.12. The number of alkyl halides is 3. The van der Waals surface area contributed by atoms with Gasteiger partial charge in [-0.05, 0) is 44.6 Å². The molecule has 0 radical (unpaired) electrons. The molecule has 0 bridgehead atoms. The van der Waals surface area contributed by atoms with Crippen molar-refractivity contribution in [3.63, 3.8) is 0 Å². The molecule has 1 aliphatic carbocycles. The van der Waals surface area contributed by atoms with Crippen LogP contribution in [0.3, 0.4) is 0 Å². The van der Waals surface area contributed by atoms with Crippen LogP contribution in [0.2, 0.25) is 0 Å². The quantitative estimate of drug-likeness (QED) is 0.789. The number of piperidine rings is 1. The zero-order valence-corrected chi connectivity index (χ0v) is 16.3. The van der Waals surface area contributed by atoms with Gasteiger partial charge in [0.1, 0.15) is 6.61 Å². The van der Waals surface area contributed by atoms with E-state index in [2.05, 4.69) is 14.9 Å². The molecule has 3 fully saturated rings. The van der Waals surface area contributed by atoms with Crippen LogP contribution in [0.5, 0.6) is 6.01 Å². The van der Waals surface area contributed by atoms with E-state index in [0.717, 1.165) is 37.6 Å². The first-order valence-electron chi connectivity index (χ1n) is 9.74. The lowest BCUT2D eigenvalue weighted by molar-refractivity contribution is -0.192. The zero-order chi connectivity index (χ0) is 21.1. The van der Waals surface area contributed by atoms with Gasteiger partial charge >= 0.3 is 18.2 Å². The lowest BCUT2D eigenvalue weighted by Crippen LogP contribution is -2.52. The molecule has 3 aliphatic rings. The third kappa shape index (κ3) is 6.02. The maximum atomic E-state index is 10.6. The van der Waals surface area contributed by atoms with E-state index in [0.29, 0.717) is 18.7 Å². The van der Waals surface area contributed by atoms with Crippen molar-refractivity contribution in [3.8, 4) is 6.01 Å². The number of fused-ring (bicyclic) bond motifs is 1. The highest BCUT2D eigenvalue weighted by atomic mass is 19.4. The van der Waals surface area contributed by atoms with Crippen molar-refractivity contribution in [3.05, 3.63) is 18.0 Å². The van der Waals surface area contributed by atoms with Gasteiger partial charge in [-0.15, -0.1) is 0 Å². The molecule has 7 nitrogen and oxygen atoms in total. The Kier molecular flexibility index (Phi) is 6.62. The van der Waals surface area contributed by atoms with E-state index < -0.39 is 12.1 Å². The van der Waals surface area contributed by atoms with Gasteiger partial charge in [-0.2, -0.15) is 13.2 Å². The maximum absolute atomic E-state index is 10.6. The van der Waals surface area contributed by atoms with E-state index in [-0.39, 0.29) is 5.41 Å². The smallest absolute Gasteiger partial charge is 0.475 e. The minimum Gasteiger partial charge on any atom is -0.475 e. The molecule has 1 aromatic rings. The number of aromatic nitrogens is 2. The fourth-order valence-corrected chi connectivity index (χ4v) is 3.87.